The van der Waals surface area contributed by atoms with Gasteiger partial charge >= 0.3 is 5.97 Å². The molecule has 1 amide bonds. The number of carbonyl (C=O) groups excluding carboxylic acids is 1. The van der Waals surface area contributed by atoms with Crippen LogP contribution in [0.25, 0.3) is 5.70 Å². The number of carbonyl (C=O) groups is 2. The third-order valence-corrected chi connectivity index (χ3v) is 8.64. The molecule has 0 bridgehead atoms. The Bertz CT molecular complexity index is 1200. The van der Waals surface area contributed by atoms with E-state index in [1.165, 1.54) is 0 Å². The van der Waals surface area contributed by atoms with Crippen molar-refractivity contribution in [2.45, 2.75) is 51.6 Å². The molecule has 196 valence electrons. The second-order valence-corrected chi connectivity index (χ2v) is 11.2. The van der Waals surface area contributed by atoms with E-state index < -0.39 is 5.97 Å². The monoisotopic (exact) mass is 521 g/mol. The van der Waals surface area contributed by atoms with E-state index in [0.717, 1.165) is 78.3 Å². The molecular formula is C29H35N3O4S. The van der Waals surface area contributed by atoms with Crippen molar-refractivity contribution >= 4 is 29.3 Å². The molecule has 2 saturated heterocycles. The van der Waals surface area contributed by atoms with Crippen LogP contribution in [-0.4, -0.2) is 58.5 Å². The maximum Gasteiger partial charge on any atom is 0.306 e. The van der Waals surface area contributed by atoms with Gasteiger partial charge in [0.05, 0.1) is 11.6 Å². The Morgan fingerprint density at radius 3 is 2.51 bits per heavy atom. The fourth-order valence-corrected chi connectivity index (χ4v) is 6.30. The number of rotatable bonds is 7. The number of benzene rings is 2. The molecule has 37 heavy (non-hydrogen) atoms. The van der Waals surface area contributed by atoms with E-state index in [0.29, 0.717) is 19.4 Å². The lowest BCUT2D eigenvalue weighted by Crippen LogP contribution is -2.45. The van der Waals surface area contributed by atoms with E-state index in [2.05, 4.69) is 34.7 Å². The lowest BCUT2D eigenvalue weighted by Gasteiger charge is -2.34. The maximum atomic E-state index is 12.8. The number of piperidine rings is 1. The molecule has 0 saturated carbocycles. The minimum atomic E-state index is -0.685. The fourth-order valence-electron chi connectivity index (χ4n) is 5.26. The van der Waals surface area contributed by atoms with Gasteiger partial charge in [0.2, 0.25) is 0 Å². The molecule has 2 aromatic rings. The molecule has 3 heterocycles. The summed E-state index contributed by atoms with van der Waals surface area (Å²) in [4.78, 5) is 28.3. The summed E-state index contributed by atoms with van der Waals surface area (Å²) in [6.07, 6.45) is 3.54. The predicted octanol–water partition coefficient (Wildman–Crippen LogP) is 4.83. The van der Waals surface area contributed by atoms with Gasteiger partial charge in [0, 0.05) is 37.3 Å². The summed E-state index contributed by atoms with van der Waals surface area (Å²) < 4.78 is 6.33. The highest BCUT2D eigenvalue weighted by Gasteiger charge is 2.31. The van der Waals surface area contributed by atoms with Gasteiger partial charge < -0.3 is 20.1 Å². The second-order valence-electron chi connectivity index (χ2n) is 10.2. The van der Waals surface area contributed by atoms with Crippen LogP contribution >= 0.6 is 11.8 Å². The summed E-state index contributed by atoms with van der Waals surface area (Å²) in [6.45, 7) is 7.78. The van der Waals surface area contributed by atoms with Crippen LogP contribution in [0, 0.1) is 19.8 Å². The van der Waals surface area contributed by atoms with Gasteiger partial charge in [-0.2, -0.15) is 0 Å². The first-order chi connectivity index (χ1) is 17.9. The molecule has 3 aliphatic rings. The zero-order valence-electron chi connectivity index (χ0n) is 21.5. The summed E-state index contributed by atoms with van der Waals surface area (Å²) in [5.74, 6) is 0.0111. The van der Waals surface area contributed by atoms with E-state index in [1.807, 2.05) is 36.1 Å². The number of aryl methyl sites for hydroxylation is 2. The van der Waals surface area contributed by atoms with Crippen molar-refractivity contribution in [3.8, 4) is 5.75 Å². The molecule has 1 atom stereocenters. The number of amides is 1. The second kappa shape index (κ2) is 11.2. The highest BCUT2D eigenvalue weighted by Crippen LogP contribution is 2.36. The van der Waals surface area contributed by atoms with Crippen molar-refractivity contribution in [1.82, 2.24) is 15.1 Å². The average Bonchev–Trinajstić information content (AvgIpc) is 3.61. The molecule has 2 fully saturated rings. The van der Waals surface area contributed by atoms with Crippen molar-refractivity contribution in [3.63, 3.8) is 0 Å². The van der Waals surface area contributed by atoms with E-state index >= 15 is 0 Å². The van der Waals surface area contributed by atoms with Gasteiger partial charge in [-0.15, -0.1) is 0 Å². The average molecular weight is 522 g/mol. The number of carboxylic acids is 1. The number of hydrogen-bond donors (Lipinski definition) is 2. The fraction of sp³-hybridized carbons (Fsp3) is 0.448. The highest BCUT2D eigenvalue weighted by molar-refractivity contribution is 8.03. The minimum absolute atomic E-state index is 0.0982. The third kappa shape index (κ3) is 5.80. The molecule has 0 aromatic heterocycles. The van der Waals surface area contributed by atoms with Gasteiger partial charge in [-0.05, 0) is 80.3 Å². The molecule has 5 rings (SSSR count). The minimum Gasteiger partial charge on any atom is -0.488 e. The number of aliphatic carboxylic acids is 1. The smallest absolute Gasteiger partial charge is 0.306 e. The maximum absolute atomic E-state index is 12.8. The molecule has 7 nitrogen and oxygen atoms in total. The van der Waals surface area contributed by atoms with Gasteiger partial charge in [0.25, 0.3) is 5.91 Å². The van der Waals surface area contributed by atoms with Crippen LogP contribution in [0.15, 0.2) is 41.8 Å². The number of thioether (sulfide) groups is 1. The highest BCUT2D eigenvalue weighted by atomic mass is 32.2. The Hall–Kier alpha value is -2.97. The largest absolute Gasteiger partial charge is 0.488 e. The van der Waals surface area contributed by atoms with Crippen LogP contribution < -0.4 is 10.1 Å². The molecule has 3 aliphatic heterocycles. The van der Waals surface area contributed by atoms with Crippen molar-refractivity contribution in [1.29, 1.82) is 0 Å². The summed E-state index contributed by atoms with van der Waals surface area (Å²) in [7, 11) is 0. The summed E-state index contributed by atoms with van der Waals surface area (Å²) in [6, 6.07) is 12.1. The van der Waals surface area contributed by atoms with Crippen LogP contribution in [0.5, 0.6) is 5.75 Å². The molecule has 2 aromatic carbocycles. The molecule has 8 heteroatoms. The zero-order chi connectivity index (χ0) is 25.9. The van der Waals surface area contributed by atoms with Gasteiger partial charge in [-0.25, -0.2) is 0 Å². The standard InChI is InChI=1S/C29H35N3O4S/c1-19-5-8-26(36-17-23-7-6-22(16-20(23)2)27(33)31-11-3-4-12-31)24(15-19)25-18-37-29(30-25)32-13-9-21(10-14-32)28(34)35/h5-8,15-16,18,21,29-30H,3-4,9-14,17H2,1-2H3,(H,34,35). The number of nitrogens with one attached hydrogen (secondary N) is 1. The lowest BCUT2D eigenvalue weighted by atomic mass is 9.97. The number of carboxylic acid groups (broad SMARTS) is 1. The summed E-state index contributed by atoms with van der Waals surface area (Å²) >= 11 is 1.72. The Morgan fingerprint density at radius 2 is 1.81 bits per heavy atom. The van der Waals surface area contributed by atoms with Crippen molar-refractivity contribution in [3.05, 3.63) is 69.6 Å². The van der Waals surface area contributed by atoms with E-state index in [1.54, 1.807) is 11.8 Å². The number of nitrogens with zero attached hydrogens (tertiary/aromatic N) is 2. The predicted molar refractivity (Wildman–Crippen MR) is 146 cm³/mol. The van der Waals surface area contributed by atoms with Crippen LogP contribution in [0.3, 0.4) is 0 Å². The zero-order valence-corrected chi connectivity index (χ0v) is 22.4. The van der Waals surface area contributed by atoms with Crippen LogP contribution in [0.2, 0.25) is 0 Å². The van der Waals surface area contributed by atoms with Crippen molar-refractivity contribution < 1.29 is 19.4 Å². The topological polar surface area (TPSA) is 82.1 Å². The molecule has 0 radical (unpaired) electrons. The van der Waals surface area contributed by atoms with Gasteiger partial charge in [0.1, 0.15) is 17.9 Å². The van der Waals surface area contributed by atoms with Crippen molar-refractivity contribution in [2.75, 3.05) is 26.2 Å². The molecule has 1 unspecified atom stereocenters. The van der Waals surface area contributed by atoms with E-state index in [4.69, 9.17) is 4.74 Å². The normalized spacial score (nSPS) is 20.5. The SMILES string of the molecule is Cc1ccc(OCc2ccc(C(=O)N3CCCC3)cc2C)c(C2=CSC(N3CCC(C(=O)O)CC3)N2)c1. The number of likely N-dealkylation sites (tertiary alicyclic amines) is 2. The van der Waals surface area contributed by atoms with Crippen LogP contribution in [0.4, 0.5) is 0 Å². The molecular weight excluding hydrogens is 486 g/mol. The first kappa shape index (κ1) is 25.7. The lowest BCUT2D eigenvalue weighted by molar-refractivity contribution is -0.143. The van der Waals surface area contributed by atoms with E-state index in [-0.39, 0.29) is 17.3 Å². The van der Waals surface area contributed by atoms with Crippen molar-refractivity contribution in [2.24, 2.45) is 5.92 Å². The Kier molecular flexibility index (Phi) is 7.76. The first-order valence-corrected chi connectivity index (χ1v) is 14.0. The van der Waals surface area contributed by atoms with E-state index in [9.17, 15) is 14.7 Å². The summed E-state index contributed by atoms with van der Waals surface area (Å²) in [5, 5.41) is 15.1. The Labute approximate surface area is 222 Å². The molecule has 0 aliphatic carbocycles. The molecule has 0 spiro atoms. The third-order valence-electron chi connectivity index (χ3n) is 7.60. The van der Waals surface area contributed by atoms with Crippen LogP contribution in [-0.2, 0) is 11.4 Å². The Morgan fingerprint density at radius 1 is 1.05 bits per heavy atom. The first-order valence-electron chi connectivity index (χ1n) is 13.1. The number of ether oxygens (including phenoxy) is 1. The Balaban J connectivity index is 1.23. The molecule has 2 N–H and O–H groups in total. The quantitative estimate of drug-likeness (QED) is 0.540. The van der Waals surface area contributed by atoms with Gasteiger partial charge in [-0.3, -0.25) is 14.5 Å². The number of hydrogen-bond acceptors (Lipinski definition) is 6. The van der Waals surface area contributed by atoms with Gasteiger partial charge in [0.15, 0.2) is 0 Å². The van der Waals surface area contributed by atoms with Gasteiger partial charge in [-0.1, -0.05) is 29.5 Å². The summed E-state index contributed by atoms with van der Waals surface area (Å²) in [5.41, 5.74) is 6.16. The van der Waals surface area contributed by atoms with Crippen LogP contribution in [0.1, 0.15) is 58.3 Å².